The average molecular weight is 405 g/mol. The summed E-state index contributed by atoms with van der Waals surface area (Å²) in [6.45, 7) is 13.3. The van der Waals surface area contributed by atoms with E-state index >= 15 is 0 Å². The Kier molecular flexibility index (Phi) is 5.21. The van der Waals surface area contributed by atoms with Gasteiger partial charge in [0, 0.05) is 12.8 Å². The molecule has 0 atom stereocenters. The second-order valence-corrected chi connectivity index (χ2v) is 10.3. The minimum Gasteiger partial charge on any atom is -0.441 e. The van der Waals surface area contributed by atoms with Crippen molar-refractivity contribution in [1.82, 2.24) is 9.97 Å². The quantitative estimate of drug-likeness (QED) is 0.332. The number of aryl methyl sites for hydroxylation is 2. The summed E-state index contributed by atoms with van der Waals surface area (Å²) >= 11 is 0. The number of hydrogen-bond acceptors (Lipinski definition) is 4. The van der Waals surface area contributed by atoms with E-state index in [1.54, 1.807) is 0 Å². The minimum atomic E-state index is 0.112. The molecule has 0 saturated carbocycles. The monoisotopic (exact) mass is 404 g/mol. The number of fused-ring (bicyclic) bond motifs is 2. The molecule has 158 valence electrons. The number of hydrogen-bond donors (Lipinski definition) is 0. The summed E-state index contributed by atoms with van der Waals surface area (Å²) in [7, 11) is 0. The van der Waals surface area contributed by atoms with Gasteiger partial charge in [0.25, 0.3) is 0 Å². The van der Waals surface area contributed by atoms with E-state index in [1.807, 2.05) is 12.1 Å². The van der Waals surface area contributed by atoms with E-state index in [0.717, 1.165) is 59.7 Å². The van der Waals surface area contributed by atoms with Gasteiger partial charge in [-0.05, 0) is 59.1 Å². The fourth-order valence-corrected chi connectivity index (χ4v) is 3.65. The van der Waals surface area contributed by atoms with Gasteiger partial charge >= 0.3 is 0 Å². The van der Waals surface area contributed by atoms with Gasteiger partial charge < -0.3 is 8.83 Å². The molecule has 0 fully saturated rings. The molecule has 0 radical (unpaired) electrons. The SMILES string of the molecule is CC(C)(C)c1ccc2oc(CCCCc3nc4cc(C(C)(C)C)ccc4o3)nc2c1. The van der Waals surface area contributed by atoms with E-state index in [4.69, 9.17) is 18.8 Å². The van der Waals surface area contributed by atoms with Crippen molar-refractivity contribution in [3.05, 3.63) is 59.3 Å². The number of rotatable bonds is 5. The van der Waals surface area contributed by atoms with Crippen molar-refractivity contribution in [2.45, 2.75) is 78.1 Å². The highest BCUT2D eigenvalue weighted by Gasteiger charge is 2.17. The van der Waals surface area contributed by atoms with Crippen LogP contribution >= 0.6 is 0 Å². The summed E-state index contributed by atoms with van der Waals surface area (Å²) in [5.41, 5.74) is 6.41. The van der Waals surface area contributed by atoms with Crippen molar-refractivity contribution in [3.63, 3.8) is 0 Å². The number of aromatic nitrogens is 2. The van der Waals surface area contributed by atoms with Gasteiger partial charge in [0.2, 0.25) is 0 Å². The Balaban J connectivity index is 1.37. The Morgan fingerprint density at radius 3 is 1.40 bits per heavy atom. The lowest BCUT2D eigenvalue weighted by Crippen LogP contribution is -2.10. The molecule has 0 aliphatic heterocycles. The average Bonchev–Trinajstić information content (AvgIpc) is 3.25. The van der Waals surface area contributed by atoms with Gasteiger partial charge in [0.15, 0.2) is 22.9 Å². The topological polar surface area (TPSA) is 52.1 Å². The zero-order chi connectivity index (χ0) is 21.5. The van der Waals surface area contributed by atoms with Crippen LogP contribution in [0.1, 0.15) is 77.3 Å². The summed E-state index contributed by atoms with van der Waals surface area (Å²) in [6.07, 6.45) is 3.64. The van der Waals surface area contributed by atoms with Gasteiger partial charge in [-0.1, -0.05) is 53.7 Å². The lowest BCUT2D eigenvalue weighted by atomic mass is 9.87. The normalized spacial score (nSPS) is 12.9. The van der Waals surface area contributed by atoms with Crippen LogP contribution in [0.3, 0.4) is 0 Å². The van der Waals surface area contributed by atoms with Gasteiger partial charge in [0.1, 0.15) is 11.0 Å². The Morgan fingerprint density at radius 2 is 1.03 bits per heavy atom. The zero-order valence-electron chi connectivity index (χ0n) is 19.0. The van der Waals surface area contributed by atoms with Crippen molar-refractivity contribution in [2.24, 2.45) is 0 Å². The van der Waals surface area contributed by atoms with E-state index in [-0.39, 0.29) is 10.8 Å². The molecule has 0 bridgehead atoms. The van der Waals surface area contributed by atoms with Crippen molar-refractivity contribution >= 4 is 22.2 Å². The standard InChI is InChI=1S/C26H32N2O2/c1-25(2,3)17-11-13-21-19(15-17)27-23(29-21)9-7-8-10-24-28-20-16-18(26(4,5)6)12-14-22(20)30-24/h11-16H,7-10H2,1-6H3. The van der Waals surface area contributed by atoms with E-state index in [2.05, 4.69) is 65.8 Å². The third-order valence-corrected chi connectivity index (χ3v) is 5.63. The first-order chi connectivity index (χ1) is 14.1. The fourth-order valence-electron chi connectivity index (χ4n) is 3.65. The second kappa shape index (κ2) is 7.57. The molecule has 2 aromatic carbocycles. The zero-order valence-corrected chi connectivity index (χ0v) is 19.0. The van der Waals surface area contributed by atoms with Crippen molar-refractivity contribution in [3.8, 4) is 0 Å². The summed E-state index contributed by atoms with van der Waals surface area (Å²) in [4.78, 5) is 9.39. The number of unbranched alkanes of at least 4 members (excludes halogenated alkanes) is 1. The maximum atomic E-state index is 5.93. The third-order valence-electron chi connectivity index (χ3n) is 5.63. The molecule has 4 nitrogen and oxygen atoms in total. The van der Waals surface area contributed by atoms with Crippen LogP contribution < -0.4 is 0 Å². The van der Waals surface area contributed by atoms with Crippen LogP contribution in [0.5, 0.6) is 0 Å². The minimum absolute atomic E-state index is 0.112. The first-order valence-electron chi connectivity index (χ1n) is 10.9. The summed E-state index contributed by atoms with van der Waals surface area (Å²) in [5.74, 6) is 1.62. The molecule has 0 saturated heterocycles. The van der Waals surface area contributed by atoms with Crippen molar-refractivity contribution < 1.29 is 8.83 Å². The summed E-state index contributed by atoms with van der Waals surface area (Å²) in [6, 6.07) is 12.6. The lowest BCUT2D eigenvalue weighted by Gasteiger charge is -2.18. The van der Waals surface area contributed by atoms with Crippen LogP contribution in [0.4, 0.5) is 0 Å². The van der Waals surface area contributed by atoms with E-state index in [9.17, 15) is 0 Å². The highest BCUT2D eigenvalue weighted by atomic mass is 16.4. The molecule has 2 aromatic heterocycles. The summed E-state index contributed by atoms with van der Waals surface area (Å²) < 4.78 is 11.9. The summed E-state index contributed by atoms with van der Waals surface area (Å²) in [5, 5.41) is 0. The Morgan fingerprint density at radius 1 is 0.633 bits per heavy atom. The molecular weight excluding hydrogens is 372 g/mol. The maximum Gasteiger partial charge on any atom is 0.195 e. The molecule has 0 aliphatic carbocycles. The smallest absolute Gasteiger partial charge is 0.195 e. The van der Waals surface area contributed by atoms with Gasteiger partial charge in [-0.25, -0.2) is 9.97 Å². The first kappa shape index (κ1) is 20.6. The molecule has 0 N–H and O–H groups in total. The predicted octanol–water partition coefficient (Wildman–Crippen LogP) is 7.13. The van der Waals surface area contributed by atoms with Crippen LogP contribution in [0.15, 0.2) is 45.2 Å². The molecule has 0 spiro atoms. The van der Waals surface area contributed by atoms with E-state index < -0.39 is 0 Å². The molecule has 4 heteroatoms. The molecule has 0 unspecified atom stereocenters. The van der Waals surface area contributed by atoms with Crippen molar-refractivity contribution in [2.75, 3.05) is 0 Å². The van der Waals surface area contributed by atoms with Crippen LogP contribution in [0.2, 0.25) is 0 Å². The number of benzene rings is 2. The van der Waals surface area contributed by atoms with Crippen LogP contribution in [-0.2, 0) is 23.7 Å². The molecule has 0 amide bonds. The number of oxazole rings is 2. The van der Waals surface area contributed by atoms with E-state index in [1.165, 1.54) is 11.1 Å². The van der Waals surface area contributed by atoms with Crippen molar-refractivity contribution in [1.29, 1.82) is 0 Å². The predicted molar refractivity (Wildman–Crippen MR) is 122 cm³/mol. The largest absolute Gasteiger partial charge is 0.441 e. The van der Waals surface area contributed by atoms with Gasteiger partial charge in [-0.3, -0.25) is 0 Å². The van der Waals surface area contributed by atoms with Crippen LogP contribution in [-0.4, -0.2) is 9.97 Å². The number of nitrogens with zero attached hydrogens (tertiary/aromatic N) is 2. The Bertz CT molecular complexity index is 1080. The molecule has 2 heterocycles. The second-order valence-electron chi connectivity index (χ2n) is 10.3. The highest BCUT2D eigenvalue weighted by molar-refractivity contribution is 5.74. The van der Waals surface area contributed by atoms with Gasteiger partial charge in [0.05, 0.1) is 0 Å². The molecule has 30 heavy (non-hydrogen) atoms. The molecule has 4 rings (SSSR count). The fraction of sp³-hybridized carbons (Fsp3) is 0.462. The Hall–Kier alpha value is -2.62. The highest BCUT2D eigenvalue weighted by Crippen LogP contribution is 2.28. The molecular formula is C26H32N2O2. The van der Waals surface area contributed by atoms with E-state index in [0.29, 0.717) is 0 Å². The molecule has 0 aliphatic rings. The van der Waals surface area contributed by atoms with Crippen LogP contribution in [0, 0.1) is 0 Å². The Labute approximate surface area is 178 Å². The van der Waals surface area contributed by atoms with Crippen LogP contribution in [0.25, 0.3) is 22.2 Å². The molecule has 4 aromatic rings. The van der Waals surface area contributed by atoms with Gasteiger partial charge in [-0.2, -0.15) is 0 Å². The lowest BCUT2D eigenvalue weighted by molar-refractivity contribution is 0.490. The third kappa shape index (κ3) is 4.43. The first-order valence-corrected chi connectivity index (χ1v) is 10.9. The maximum absolute atomic E-state index is 5.93. The van der Waals surface area contributed by atoms with Gasteiger partial charge in [-0.15, -0.1) is 0 Å².